The Bertz CT molecular complexity index is 357. The summed E-state index contributed by atoms with van der Waals surface area (Å²) in [5.74, 6) is -0.814. The van der Waals surface area contributed by atoms with Crippen molar-refractivity contribution >= 4 is 12.0 Å². The van der Waals surface area contributed by atoms with E-state index in [4.69, 9.17) is 5.11 Å². The standard InChI is InChI=1S/C13H23N3O3/c1-15-7-3-4-10(15)8-16(2)13(19)14-11(12(17)18)9-5-6-9/h9-11H,3-8H2,1-2H3,(H,14,19)(H,17,18). The minimum Gasteiger partial charge on any atom is -0.480 e. The van der Waals surface area contributed by atoms with Gasteiger partial charge in [-0.3, -0.25) is 0 Å². The third kappa shape index (κ3) is 3.59. The van der Waals surface area contributed by atoms with Crippen molar-refractivity contribution in [2.24, 2.45) is 5.92 Å². The lowest BCUT2D eigenvalue weighted by Gasteiger charge is -2.27. The molecule has 1 heterocycles. The predicted octanol–water partition coefficient (Wildman–Crippen LogP) is 0.585. The molecule has 2 unspecified atom stereocenters. The molecule has 0 aromatic heterocycles. The first-order chi connectivity index (χ1) is 8.99. The van der Waals surface area contributed by atoms with Gasteiger partial charge >= 0.3 is 12.0 Å². The van der Waals surface area contributed by atoms with Crippen LogP contribution in [-0.2, 0) is 4.79 Å². The molecule has 2 rings (SSSR count). The largest absolute Gasteiger partial charge is 0.480 e. The SMILES string of the molecule is CN(CC1CCCN1C)C(=O)NC(C(=O)O)C1CC1. The van der Waals surface area contributed by atoms with Crippen LogP contribution < -0.4 is 5.32 Å². The number of carbonyl (C=O) groups is 2. The fourth-order valence-electron chi connectivity index (χ4n) is 2.66. The van der Waals surface area contributed by atoms with Crippen molar-refractivity contribution in [2.45, 2.75) is 37.8 Å². The van der Waals surface area contributed by atoms with Crippen LogP contribution >= 0.6 is 0 Å². The number of carboxylic acid groups (broad SMARTS) is 1. The van der Waals surface area contributed by atoms with Gasteiger partial charge in [-0.05, 0) is 45.2 Å². The Morgan fingerprint density at radius 3 is 2.58 bits per heavy atom. The Balaban J connectivity index is 1.82. The highest BCUT2D eigenvalue weighted by molar-refractivity contribution is 5.83. The van der Waals surface area contributed by atoms with E-state index >= 15 is 0 Å². The van der Waals surface area contributed by atoms with Crippen LogP contribution in [0.15, 0.2) is 0 Å². The molecule has 2 amide bonds. The zero-order chi connectivity index (χ0) is 14.0. The van der Waals surface area contributed by atoms with Gasteiger partial charge in [-0.25, -0.2) is 9.59 Å². The van der Waals surface area contributed by atoms with E-state index < -0.39 is 12.0 Å². The normalized spacial score (nSPS) is 25.1. The summed E-state index contributed by atoms with van der Waals surface area (Å²) in [6, 6.07) is -0.615. The van der Waals surface area contributed by atoms with Gasteiger partial charge in [0.1, 0.15) is 6.04 Å². The van der Waals surface area contributed by atoms with Crippen LogP contribution in [0.25, 0.3) is 0 Å². The summed E-state index contributed by atoms with van der Waals surface area (Å²) in [5, 5.41) is 11.7. The van der Waals surface area contributed by atoms with E-state index in [9.17, 15) is 9.59 Å². The first-order valence-corrected chi connectivity index (χ1v) is 6.93. The van der Waals surface area contributed by atoms with Gasteiger partial charge in [0.05, 0.1) is 0 Å². The van der Waals surface area contributed by atoms with E-state index in [2.05, 4.69) is 17.3 Å². The molecule has 0 aromatic rings. The number of likely N-dealkylation sites (tertiary alicyclic amines) is 1. The van der Waals surface area contributed by atoms with E-state index in [0.717, 1.165) is 32.2 Å². The van der Waals surface area contributed by atoms with Crippen molar-refractivity contribution in [1.29, 1.82) is 0 Å². The minimum atomic E-state index is -0.928. The maximum Gasteiger partial charge on any atom is 0.326 e. The molecule has 2 fully saturated rings. The molecular weight excluding hydrogens is 246 g/mol. The van der Waals surface area contributed by atoms with Gasteiger partial charge in [-0.1, -0.05) is 0 Å². The van der Waals surface area contributed by atoms with Crippen LogP contribution in [0.3, 0.4) is 0 Å². The van der Waals surface area contributed by atoms with E-state index in [1.165, 1.54) is 0 Å². The molecule has 6 nitrogen and oxygen atoms in total. The summed E-state index contributed by atoms with van der Waals surface area (Å²) in [6.07, 6.45) is 4.05. The van der Waals surface area contributed by atoms with E-state index in [-0.39, 0.29) is 11.9 Å². The lowest BCUT2D eigenvalue weighted by molar-refractivity contribution is -0.139. The Kier molecular flexibility index (Phi) is 4.29. The maximum absolute atomic E-state index is 12.0. The van der Waals surface area contributed by atoms with Gasteiger partial charge in [-0.2, -0.15) is 0 Å². The van der Waals surface area contributed by atoms with Crippen LogP contribution in [0.2, 0.25) is 0 Å². The number of hydrogen-bond donors (Lipinski definition) is 2. The highest BCUT2D eigenvalue weighted by Crippen LogP contribution is 2.32. The van der Waals surface area contributed by atoms with E-state index in [1.807, 2.05) is 0 Å². The first-order valence-electron chi connectivity index (χ1n) is 6.93. The molecule has 0 bridgehead atoms. The van der Waals surface area contributed by atoms with Crippen LogP contribution in [-0.4, -0.2) is 66.2 Å². The molecular formula is C13H23N3O3. The third-order valence-corrected chi connectivity index (χ3v) is 4.14. The van der Waals surface area contributed by atoms with Crippen LogP contribution in [0.1, 0.15) is 25.7 Å². The second kappa shape index (κ2) is 5.77. The maximum atomic E-state index is 12.0. The molecule has 19 heavy (non-hydrogen) atoms. The molecule has 2 N–H and O–H groups in total. The number of likely N-dealkylation sites (N-methyl/N-ethyl adjacent to an activating group) is 2. The van der Waals surface area contributed by atoms with Crippen molar-refractivity contribution in [2.75, 3.05) is 27.2 Å². The molecule has 1 saturated heterocycles. The summed E-state index contributed by atoms with van der Waals surface area (Å²) in [5.41, 5.74) is 0. The fourth-order valence-corrected chi connectivity index (χ4v) is 2.66. The smallest absolute Gasteiger partial charge is 0.326 e. The Hall–Kier alpha value is -1.30. The predicted molar refractivity (Wildman–Crippen MR) is 71.0 cm³/mol. The second-order valence-corrected chi connectivity index (χ2v) is 5.76. The summed E-state index contributed by atoms with van der Waals surface area (Å²) in [6.45, 7) is 1.72. The number of rotatable bonds is 5. The fraction of sp³-hybridized carbons (Fsp3) is 0.846. The molecule has 0 spiro atoms. The Morgan fingerprint density at radius 1 is 1.42 bits per heavy atom. The highest BCUT2D eigenvalue weighted by atomic mass is 16.4. The highest BCUT2D eigenvalue weighted by Gasteiger charge is 2.38. The lowest BCUT2D eigenvalue weighted by atomic mass is 10.2. The molecule has 108 valence electrons. The van der Waals surface area contributed by atoms with Crippen molar-refractivity contribution in [3.63, 3.8) is 0 Å². The van der Waals surface area contributed by atoms with Crippen molar-refractivity contribution in [1.82, 2.24) is 15.1 Å². The first kappa shape index (κ1) is 14.1. The Morgan fingerprint density at radius 2 is 2.11 bits per heavy atom. The zero-order valence-electron chi connectivity index (χ0n) is 11.6. The summed E-state index contributed by atoms with van der Waals surface area (Å²) < 4.78 is 0. The average Bonchev–Trinajstić information content (AvgIpc) is 3.11. The minimum absolute atomic E-state index is 0.115. The van der Waals surface area contributed by atoms with Crippen molar-refractivity contribution in [3.8, 4) is 0 Å². The number of hydrogen-bond acceptors (Lipinski definition) is 3. The molecule has 1 aliphatic heterocycles. The average molecular weight is 269 g/mol. The molecule has 1 aliphatic carbocycles. The number of carboxylic acids is 1. The lowest BCUT2D eigenvalue weighted by Crippen LogP contribution is -2.50. The summed E-state index contributed by atoms with van der Waals surface area (Å²) in [7, 11) is 3.79. The molecule has 0 radical (unpaired) electrons. The summed E-state index contributed by atoms with van der Waals surface area (Å²) >= 11 is 0. The van der Waals surface area contributed by atoms with Gasteiger partial charge in [-0.15, -0.1) is 0 Å². The monoisotopic (exact) mass is 269 g/mol. The second-order valence-electron chi connectivity index (χ2n) is 5.76. The number of nitrogens with zero attached hydrogens (tertiary/aromatic N) is 2. The molecule has 2 atom stereocenters. The van der Waals surface area contributed by atoms with E-state index in [1.54, 1.807) is 11.9 Å². The number of amides is 2. The zero-order valence-corrected chi connectivity index (χ0v) is 11.6. The summed E-state index contributed by atoms with van der Waals surface area (Å²) in [4.78, 5) is 27.0. The Labute approximate surface area is 113 Å². The van der Waals surface area contributed by atoms with Gasteiger partial charge in [0.2, 0.25) is 0 Å². The van der Waals surface area contributed by atoms with E-state index in [0.29, 0.717) is 12.6 Å². The topological polar surface area (TPSA) is 72.9 Å². The molecule has 2 aliphatic rings. The van der Waals surface area contributed by atoms with Crippen molar-refractivity contribution < 1.29 is 14.7 Å². The molecule has 6 heteroatoms. The van der Waals surface area contributed by atoms with Crippen molar-refractivity contribution in [3.05, 3.63) is 0 Å². The number of urea groups is 1. The third-order valence-electron chi connectivity index (χ3n) is 4.14. The quantitative estimate of drug-likeness (QED) is 0.766. The van der Waals surface area contributed by atoms with Gasteiger partial charge in [0.15, 0.2) is 0 Å². The van der Waals surface area contributed by atoms with Crippen LogP contribution in [0.5, 0.6) is 0 Å². The number of carbonyl (C=O) groups excluding carboxylic acids is 1. The van der Waals surface area contributed by atoms with Gasteiger partial charge in [0.25, 0.3) is 0 Å². The number of aliphatic carboxylic acids is 1. The molecule has 1 saturated carbocycles. The van der Waals surface area contributed by atoms with Gasteiger partial charge in [0, 0.05) is 19.6 Å². The number of nitrogens with one attached hydrogen (secondary N) is 1. The van der Waals surface area contributed by atoms with Crippen LogP contribution in [0.4, 0.5) is 4.79 Å². The van der Waals surface area contributed by atoms with Gasteiger partial charge < -0.3 is 20.2 Å². The van der Waals surface area contributed by atoms with Crippen LogP contribution in [0, 0.1) is 5.92 Å². The molecule has 0 aromatic carbocycles.